The van der Waals surface area contributed by atoms with E-state index in [9.17, 15) is 13.6 Å². The molecule has 2 rings (SSSR count). The first-order valence-corrected chi connectivity index (χ1v) is 6.03. The van der Waals surface area contributed by atoms with Gasteiger partial charge in [0.1, 0.15) is 23.1 Å². The molecule has 0 radical (unpaired) electrons. The average Bonchev–Trinajstić information content (AvgIpc) is 2.48. The van der Waals surface area contributed by atoms with Crippen LogP contribution in [0.15, 0.2) is 36.4 Å². The summed E-state index contributed by atoms with van der Waals surface area (Å²) in [5.41, 5.74) is 0.305. The maximum absolute atomic E-state index is 13.3. The molecule has 110 valence electrons. The lowest BCUT2D eigenvalue weighted by Gasteiger charge is -2.12. The Bertz CT molecular complexity index is 674. The largest absolute Gasteiger partial charge is 0.496 e. The van der Waals surface area contributed by atoms with Crippen LogP contribution in [0.2, 0.25) is 0 Å². The lowest BCUT2D eigenvalue weighted by Crippen LogP contribution is -2.14. The number of ether oxygens (including phenoxy) is 2. The number of methoxy groups -OCH3 is 2. The molecule has 0 atom stereocenters. The van der Waals surface area contributed by atoms with Gasteiger partial charge in [0.25, 0.3) is 5.91 Å². The van der Waals surface area contributed by atoms with Crippen molar-refractivity contribution < 1.29 is 23.0 Å². The molecule has 0 fully saturated rings. The SMILES string of the molecule is COc1cc(F)ccc1NC(=O)c1cc(F)ccc1OC. The van der Waals surface area contributed by atoms with Crippen LogP contribution < -0.4 is 14.8 Å². The second kappa shape index (κ2) is 6.21. The van der Waals surface area contributed by atoms with Crippen LogP contribution in [0.3, 0.4) is 0 Å². The van der Waals surface area contributed by atoms with Gasteiger partial charge in [0.15, 0.2) is 0 Å². The molecular formula is C15H13F2NO3. The molecule has 0 spiro atoms. The monoisotopic (exact) mass is 293 g/mol. The second-order valence-corrected chi connectivity index (χ2v) is 4.14. The number of hydrogen-bond acceptors (Lipinski definition) is 3. The van der Waals surface area contributed by atoms with Crippen LogP contribution in [-0.4, -0.2) is 20.1 Å². The summed E-state index contributed by atoms with van der Waals surface area (Å²) in [6, 6.07) is 7.28. The lowest BCUT2D eigenvalue weighted by atomic mass is 10.1. The number of benzene rings is 2. The van der Waals surface area contributed by atoms with Gasteiger partial charge in [-0.05, 0) is 30.3 Å². The predicted molar refractivity (Wildman–Crippen MR) is 73.9 cm³/mol. The Labute approximate surface area is 120 Å². The normalized spacial score (nSPS) is 10.1. The molecule has 2 aromatic rings. The molecule has 4 nitrogen and oxygen atoms in total. The van der Waals surface area contributed by atoms with Gasteiger partial charge in [-0.2, -0.15) is 0 Å². The molecule has 0 aliphatic rings. The Hall–Kier alpha value is -2.63. The molecular weight excluding hydrogens is 280 g/mol. The van der Waals surface area contributed by atoms with Crippen LogP contribution in [0.4, 0.5) is 14.5 Å². The van der Waals surface area contributed by atoms with Crippen molar-refractivity contribution in [2.45, 2.75) is 0 Å². The maximum Gasteiger partial charge on any atom is 0.259 e. The van der Waals surface area contributed by atoms with Crippen molar-refractivity contribution in [3.63, 3.8) is 0 Å². The van der Waals surface area contributed by atoms with Gasteiger partial charge in [-0.1, -0.05) is 0 Å². The molecule has 0 aliphatic carbocycles. The number of rotatable bonds is 4. The summed E-state index contributed by atoms with van der Waals surface area (Å²) in [6.45, 7) is 0. The van der Waals surface area contributed by atoms with E-state index >= 15 is 0 Å². The smallest absolute Gasteiger partial charge is 0.259 e. The number of anilines is 1. The summed E-state index contributed by atoms with van der Waals surface area (Å²) in [5, 5.41) is 2.53. The molecule has 0 aromatic heterocycles. The third-order valence-electron chi connectivity index (χ3n) is 2.82. The van der Waals surface area contributed by atoms with Crippen LogP contribution in [0.25, 0.3) is 0 Å². The Morgan fingerprint density at radius 3 is 2.24 bits per heavy atom. The number of amides is 1. The molecule has 2 aromatic carbocycles. The molecule has 1 amide bonds. The van der Waals surface area contributed by atoms with E-state index in [1.165, 1.54) is 38.5 Å². The number of hydrogen-bond donors (Lipinski definition) is 1. The Morgan fingerprint density at radius 1 is 0.952 bits per heavy atom. The van der Waals surface area contributed by atoms with Gasteiger partial charge in [0, 0.05) is 6.07 Å². The van der Waals surface area contributed by atoms with Crippen molar-refractivity contribution in [1.29, 1.82) is 0 Å². The average molecular weight is 293 g/mol. The molecule has 1 N–H and O–H groups in total. The fraction of sp³-hybridized carbons (Fsp3) is 0.133. The predicted octanol–water partition coefficient (Wildman–Crippen LogP) is 3.23. The van der Waals surface area contributed by atoms with Gasteiger partial charge in [0.05, 0.1) is 25.5 Å². The number of nitrogens with one attached hydrogen (secondary N) is 1. The zero-order chi connectivity index (χ0) is 15.4. The molecule has 6 heteroatoms. The fourth-order valence-electron chi connectivity index (χ4n) is 1.82. The third-order valence-corrected chi connectivity index (χ3v) is 2.82. The van der Waals surface area contributed by atoms with E-state index in [2.05, 4.69) is 5.32 Å². The van der Waals surface area contributed by atoms with Crippen molar-refractivity contribution in [1.82, 2.24) is 0 Å². The highest BCUT2D eigenvalue weighted by atomic mass is 19.1. The number of carbonyl (C=O) groups excluding carboxylic acids is 1. The maximum atomic E-state index is 13.3. The second-order valence-electron chi connectivity index (χ2n) is 4.14. The standard InChI is InChI=1S/C15H13F2NO3/c1-20-13-6-4-9(16)7-11(13)15(19)18-12-5-3-10(17)8-14(12)21-2/h3-8H,1-2H3,(H,18,19). The van der Waals surface area contributed by atoms with Gasteiger partial charge in [-0.15, -0.1) is 0 Å². The summed E-state index contributed by atoms with van der Waals surface area (Å²) in [5.74, 6) is -1.25. The van der Waals surface area contributed by atoms with Gasteiger partial charge < -0.3 is 14.8 Å². The third kappa shape index (κ3) is 3.28. The molecule has 0 saturated carbocycles. The quantitative estimate of drug-likeness (QED) is 0.941. The molecule has 0 unspecified atom stereocenters. The topological polar surface area (TPSA) is 47.6 Å². The molecule has 0 bridgehead atoms. The van der Waals surface area contributed by atoms with Crippen molar-refractivity contribution in [3.05, 3.63) is 53.6 Å². The molecule has 0 saturated heterocycles. The van der Waals surface area contributed by atoms with Crippen LogP contribution in [0.5, 0.6) is 11.5 Å². The van der Waals surface area contributed by atoms with Crippen molar-refractivity contribution >= 4 is 11.6 Å². The van der Waals surface area contributed by atoms with E-state index in [-0.39, 0.29) is 22.7 Å². The Balaban J connectivity index is 2.32. The molecule has 21 heavy (non-hydrogen) atoms. The van der Waals surface area contributed by atoms with Crippen LogP contribution in [0, 0.1) is 11.6 Å². The number of carbonyl (C=O) groups is 1. The van der Waals surface area contributed by atoms with Crippen molar-refractivity contribution in [3.8, 4) is 11.5 Å². The van der Waals surface area contributed by atoms with E-state index in [1.54, 1.807) is 0 Å². The van der Waals surface area contributed by atoms with Crippen molar-refractivity contribution in [2.24, 2.45) is 0 Å². The first kappa shape index (κ1) is 14.8. The highest BCUT2D eigenvalue weighted by molar-refractivity contribution is 6.06. The summed E-state index contributed by atoms with van der Waals surface area (Å²) < 4.78 is 36.4. The summed E-state index contributed by atoms with van der Waals surface area (Å²) in [4.78, 5) is 12.2. The Kier molecular flexibility index (Phi) is 4.37. The van der Waals surface area contributed by atoms with Crippen LogP contribution in [-0.2, 0) is 0 Å². The van der Waals surface area contributed by atoms with E-state index < -0.39 is 17.5 Å². The highest BCUT2D eigenvalue weighted by Gasteiger charge is 2.15. The van der Waals surface area contributed by atoms with Gasteiger partial charge in [0.2, 0.25) is 0 Å². The van der Waals surface area contributed by atoms with E-state index in [4.69, 9.17) is 9.47 Å². The zero-order valence-corrected chi connectivity index (χ0v) is 11.4. The van der Waals surface area contributed by atoms with E-state index in [0.29, 0.717) is 0 Å². The summed E-state index contributed by atoms with van der Waals surface area (Å²) >= 11 is 0. The summed E-state index contributed by atoms with van der Waals surface area (Å²) in [7, 11) is 2.73. The van der Waals surface area contributed by atoms with Crippen LogP contribution >= 0.6 is 0 Å². The van der Waals surface area contributed by atoms with Gasteiger partial charge in [-0.25, -0.2) is 8.78 Å². The fourth-order valence-corrected chi connectivity index (χ4v) is 1.82. The minimum Gasteiger partial charge on any atom is -0.496 e. The molecule has 0 aliphatic heterocycles. The minimum absolute atomic E-state index is 0.0314. The molecule has 0 heterocycles. The first-order chi connectivity index (χ1) is 10.0. The minimum atomic E-state index is -0.587. The first-order valence-electron chi connectivity index (χ1n) is 6.03. The van der Waals surface area contributed by atoms with Gasteiger partial charge >= 0.3 is 0 Å². The highest BCUT2D eigenvalue weighted by Crippen LogP contribution is 2.27. The van der Waals surface area contributed by atoms with E-state index in [1.807, 2.05) is 0 Å². The van der Waals surface area contributed by atoms with Crippen molar-refractivity contribution in [2.75, 3.05) is 19.5 Å². The summed E-state index contributed by atoms with van der Waals surface area (Å²) in [6.07, 6.45) is 0. The van der Waals surface area contributed by atoms with E-state index in [0.717, 1.165) is 12.1 Å². The van der Waals surface area contributed by atoms with Gasteiger partial charge in [-0.3, -0.25) is 4.79 Å². The lowest BCUT2D eigenvalue weighted by molar-refractivity contribution is 0.102. The zero-order valence-electron chi connectivity index (χ0n) is 11.4. The Morgan fingerprint density at radius 2 is 1.57 bits per heavy atom. The van der Waals surface area contributed by atoms with Crippen LogP contribution in [0.1, 0.15) is 10.4 Å². The number of halogens is 2.